The Bertz CT molecular complexity index is 1680. The van der Waals surface area contributed by atoms with Gasteiger partial charge in [-0.25, -0.2) is 9.67 Å². The fourth-order valence-electron chi connectivity index (χ4n) is 4.34. The molecule has 2 atom stereocenters. The van der Waals surface area contributed by atoms with Crippen molar-refractivity contribution < 1.29 is 14.6 Å². The Morgan fingerprint density at radius 1 is 1.25 bits per heavy atom. The lowest BCUT2D eigenvalue weighted by molar-refractivity contribution is -0.143. The number of hydrogen-bond acceptors (Lipinski definition) is 10. The topological polar surface area (TPSA) is 165 Å². The minimum Gasteiger partial charge on any atom is -0.382 e. The van der Waals surface area contributed by atoms with Crippen LogP contribution in [0, 0.1) is 6.92 Å². The van der Waals surface area contributed by atoms with Gasteiger partial charge in [-0.1, -0.05) is 0 Å². The highest BCUT2D eigenvalue weighted by atomic mass is 32.1. The van der Waals surface area contributed by atoms with Crippen LogP contribution in [0.5, 0.6) is 0 Å². The highest BCUT2D eigenvalue weighted by Gasteiger charge is 2.39. The number of ether oxygens (including phenoxy) is 1. The first kappa shape index (κ1) is 22.3. The number of aliphatic hydroxyl groups is 1. The number of rotatable bonds is 4. The van der Waals surface area contributed by atoms with E-state index in [4.69, 9.17) is 10.5 Å². The second-order valence-corrected chi connectivity index (χ2v) is 9.12. The van der Waals surface area contributed by atoms with Crippen LogP contribution in [0.1, 0.15) is 17.6 Å². The third-order valence-corrected chi connectivity index (χ3v) is 7.00. The molecule has 0 radical (unpaired) electrons. The number of amides is 1. The number of aromatic nitrogens is 6. The summed E-state index contributed by atoms with van der Waals surface area (Å²) in [5.41, 5.74) is 7.39. The van der Waals surface area contributed by atoms with Crippen molar-refractivity contribution in [3.63, 3.8) is 0 Å². The molecule has 0 saturated carbocycles. The molecule has 6 rings (SSSR count). The number of pyridine rings is 1. The van der Waals surface area contributed by atoms with Gasteiger partial charge in [0, 0.05) is 29.5 Å². The van der Waals surface area contributed by atoms with Crippen LogP contribution in [0.3, 0.4) is 0 Å². The van der Waals surface area contributed by atoms with E-state index in [1.807, 2.05) is 19.1 Å². The second-order valence-electron chi connectivity index (χ2n) is 8.34. The summed E-state index contributed by atoms with van der Waals surface area (Å²) in [4.78, 5) is 38.8. The molecule has 36 heavy (non-hydrogen) atoms. The number of nitrogens with one attached hydrogen (secondary N) is 1. The lowest BCUT2D eigenvalue weighted by Crippen LogP contribution is -2.50. The smallest absolute Gasteiger partial charge is 0.260 e. The average molecular weight is 505 g/mol. The predicted octanol–water partition coefficient (Wildman–Crippen LogP) is 1.47. The van der Waals surface area contributed by atoms with Crippen LogP contribution in [0.15, 0.2) is 47.5 Å². The number of aromatic amines is 1. The van der Waals surface area contributed by atoms with Crippen LogP contribution in [-0.2, 0) is 9.53 Å². The van der Waals surface area contributed by atoms with Gasteiger partial charge >= 0.3 is 0 Å². The number of H-pyrrole nitrogens is 1. The molecular weight excluding hydrogens is 484 g/mol. The van der Waals surface area contributed by atoms with Gasteiger partial charge in [0.1, 0.15) is 17.7 Å². The Balaban J connectivity index is 1.32. The Morgan fingerprint density at radius 3 is 2.86 bits per heavy atom. The molecule has 5 heterocycles. The zero-order valence-electron chi connectivity index (χ0n) is 19.0. The number of nitrogens with two attached hydrogens (primary N) is 1. The van der Waals surface area contributed by atoms with Crippen LogP contribution in [0.25, 0.3) is 26.7 Å². The van der Waals surface area contributed by atoms with Gasteiger partial charge in [0.05, 0.1) is 34.4 Å². The predicted molar refractivity (Wildman–Crippen MR) is 133 cm³/mol. The van der Waals surface area contributed by atoms with Crippen molar-refractivity contribution in [2.24, 2.45) is 0 Å². The molecule has 1 aliphatic heterocycles. The van der Waals surface area contributed by atoms with Crippen molar-refractivity contribution >= 4 is 50.1 Å². The molecule has 1 amide bonds. The molecule has 0 spiro atoms. The summed E-state index contributed by atoms with van der Waals surface area (Å²) in [6.07, 6.45) is 0.556. The SMILES string of the molecule is Cc1cc(N2CCOC(C(O)c3nc4ccc5c(N)nsc5c4c(=O)[nH]3)C2=O)nn1-c1ccncc1. The van der Waals surface area contributed by atoms with E-state index in [0.717, 1.165) is 22.9 Å². The van der Waals surface area contributed by atoms with Crippen LogP contribution in [0.2, 0.25) is 0 Å². The quantitative estimate of drug-likeness (QED) is 0.328. The average Bonchev–Trinajstić information content (AvgIpc) is 3.46. The summed E-state index contributed by atoms with van der Waals surface area (Å²) in [5.74, 6) is 0.216. The molecular formula is C23H20N8O4S. The van der Waals surface area contributed by atoms with E-state index in [1.54, 1.807) is 35.3 Å². The van der Waals surface area contributed by atoms with Gasteiger partial charge in [-0.3, -0.25) is 19.5 Å². The van der Waals surface area contributed by atoms with Gasteiger partial charge in [0.25, 0.3) is 11.5 Å². The normalized spacial score (nSPS) is 17.2. The fourth-order valence-corrected chi connectivity index (χ4v) is 5.19. The monoisotopic (exact) mass is 504 g/mol. The summed E-state index contributed by atoms with van der Waals surface area (Å²) >= 11 is 1.10. The van der Waals surface area contributed by atoms with Crippen molar-refractivity contribution in [3.8, 4) is 5.69 Å². The summed E-state index contributed by atoms with van der Waals surface area (Å²) in [6, 6.07) is 8.78. The molecule has 4 aromatic heterocycles. The van der Waals surface area contributed by atoms with Crippen molar-refractivity contribution in [1.29, 1.82) is 0 Å². The van der Waals surface area contributed by atoms with Gasteiger partial charge < -0.3 is 20.6 Å². The molecule has 12 nitrogen and oxygen atoms in total. The van der Waals surface area contributed by atoms with Gasteiger partial charge in [-0.15, -0.1) is 5.10 Å². The van der Waals surface area contributed by atoms with Crippen molar-refractivity contribution in [3.05, 3.63) is 64.6 Å². The molecule has 2 unspecified atom stereocenters. The van der Waals surface area contributed by atoms with Crippen LogP contribution in [-0.4, -0.2) is 59.4 Å². The molecule has 1 aliphatic rings. The van der Waals surface area contributed by atoms with Gasteiger partial charge in [-0.2, -0.15) is 4.37 Å². The Kier molecular flexibility index (Phi) is 5.25. The molecule has 1 fully saturated rings. The Morgan fingerprint density at radius 2 is 2.06 bits per heavy atom. The highest BCUT2D eigenvalue weighted by Crippen LogP contribution is 2.31. The number of hydrogen-bond donors (Lipinski definition) is 3. The lowest BCUT2D eigenvalue weighted by atomic mass is 10.1. The number of benzene rings is 1. The Labute approximate surface area is 207 Å². The van der Waals surface area contributed by atoms with E-state index in [2.05, 4.69) is 24.4 Å². The highest BCUT2D eigenvalue weighted by molar-refractivity contribution is 7.14. The number of nitrogen functional groups attached to an aromatic ring is 1. The zero-order valence-corrected chi connectivity index (χ0v) is 19.8. The maximum Gasteiger partial charge on any atom is 0.260 e. The lowest BCUT2D eigenvalue weighted by Gasteiger charge is -2.32. The number of morpholine rings is 1. The maximum absolute atomic E-state index is 13.4. The second kappa shape index (κ2) is 8.48. The number of carbonyl (C=O) groups excluding carboxylic acids is 1. The molecule has 0 aliphatic carbocycles. The third kappa shape index (κ3) is 3.52. The standard InChI is InChI=1S/C23H20N8O4S/c1-11-10-15(28-31(11)12-4-6-25-7-5-12)30-8-9-35-18(23(30)34)17(32)21-26-14-3-2-13-19(36-29-20(13)24)16(14)22(33)27-21/h2-7,10,17-18,32H,8-9H2,1H3,(H2,24,29)(H,26,27,33). The summed E-state index contributed by atoms with van der Waals surface area (Å²) in [7, 11) is 0. The number of fused-ring (bicyclic) bond motifs is 3. The third-order valence-electron chi connectivity index (χ3n) is 6.10. The largest absolute Gasteiger partial charge is 0.382 e. The van der Waals surface area contributed by atoms with Crippen LogP contribution < -0.4 is 16.2 Å². The van der Waals surface area contributed by atoms with Gasteiger partial charge in [0.15, 0.2) is 11.9 Å². The maximum atomic E-state index is 13.4. The molecule has 4 N–H and O–H groups in total. The first-order valence-electron chi connectivity index (χ1n) is 11.1. The summed E-state index contributed by atoms with van der Waals surface area (Å²) < 4.78 is 12.1. The molecule has 0 bridgehead atoms. The number of aryl methyl sites for hydroxylation is 1. The molecule has 1 saturated heterocycles. The van der Waals surface area contributed by atoms with E-state index < -0.39 is 23.7 Å². The zero-order chi connectivity index (χ0) is 25.0. The van der Waals surface area contributed by atoms with Crippen molar-refractivity contribution in [2.45, 2.75) is 19.1 Å². The number of anilines is 2. The van der Waals surface area contributed by atoms with Gasteiger partial charge in [0.2, 0.25) is 0 Å². The van der Waals surface area contributed by atoms with Crippen LogP contribution >= 0.6 is 11.5 Å². The first-order valence-corrected chi connectivity index (χ1v) is 11.9. The summed E-state index contributed by atoms with van der Waals surface area (Å²) in [5, 5.41) is 16.6. The Hall–Kier alpha value is -4.20. The summed E-state index contributed by atoms with van der Waals surface area (Å²) in [6.45, 7) is 2.32. The fraction of sp³-hybridized carbons (Fsp3) is 0.217. The van der Waals surface area contributed by atoms with Crippen LogP contribution in [0.4, 0.5) is 11.6 Å². The first-order chi connectivity index (χ1) is 17.4. The van der Waals surface area contributed by atoms with Gasteiger partial charge in [-0.05, 0) is 42.7 Å². The molecule has 1 aromatic carbocycles. The molecule has 182 valence electrons. The number of nitrogens with zero attached hydrogens (tertiary/aromatic N) is 6. The van der Waals surface area contributed by atoms with E-state index in [9.17, 15) is 14.7 Å². The number of carbonyl (C=O) groups is 1. The van der Waals surface area contributed by atoms with Crippen molar-refractivity contribution in [2.75, 3.05) is 23.8 Å². The van der Waals surface area contributed by atoms with E-state index >= 15 is 0 Å². The van der Waals surface area contributed by atoms with E-state index in [-0.39, 0.29) is 19.0 Å². The molecule has 13 heteroatoms. The minimum absolute atomic E-state index is 0.0666. The van der Waals surface area contributed by atoms with Crippen molar-refractivity contribution in [1.82, 2.24) is 29.1 Å². The van der Waals surface area contributed by atoms with E-state index in [1.165, 1.54) is 4.90 Å². The molecule has 5 aromatic rings. The minimum atomic E-state index is -1.50. The number of aliphatic hydroxyl groups excluding tert-OH is 1. The van der Waals surface area contributed by atoms with E-state index in [0.29, 0.717) is 32.6 Å².